The van der Waals surface area contributed by atoms with Gasteiger partial charge in [-0.25, -0.2) is 0 Å². The second-order valence-corrected chi connectivity index (χ2v) is 5.62. The van der Waals surface area contributed by atoms with Gasteiger partial charge < -0.3 is 20.3 Å². The molecule has 21 heavy (non-hydrogen) atoms. The van der Waals surface area contributed by atoms with E-state index >= 15 is 0 Å². The van der Waals surface area contributed by atoms with Crippen LogP contribution in [0.1, 0.15) is 54.7 Å². The predicted octanol–water partition coefficient (Wildman–Crippen LogP) is 0.477. The molecule has 3 rings (SSSR count). The molecule has 0 spiro atoms. The molecule has 2 heterocycles. The highest BCUT2D eigenvalue weighted by Gasteiger charge is 2.32. The maximum absolute atomic E-state index is 12.0. The van der Waals surface area contributed by atoms with Crippen LogP contribution in [-0.2, 0) is 4.79 Å². The Morgan fingerprint density at radius 2 is 2.19 bits per heavy atom. The summed E-state index contributed by atoms with van der Waals surface area (Å²) < 4.78 is 5.11. The number of amides is 1. The van der Waals surface area contributed by atoms with E-state index in [0.717, 1.165) is 19.4 Å². The van der Waals surface area contributed by atoms with E-state index in [4.69, 9.17) is 9.63 Å². The van der Waals surface area contributed by atoms with Crippen LogP contribution in [0.5, 0.6) is 0 Å². The highest BCUT2D eigenvalue weighted by atomic mass is 16.5. The van der Waals surface area contributed by atoms with Gasteiger partial charge in [-0.1, -0.05) is 5.16 Å². The Morgan fingerprint density at radius 1 is 1.33 bits per heavy atom. The third-order valence-corrected chi connectivity index (χ3v) is 4.12. The quantitative estimate of drug-likeness (QED) is 0.739. The van der Waals surface area contributed by atoms with Crippen molar-refractivity contribution in [2.45, 2.75) is 44.2 Å². The van der Waals surface area contributed by atoms with Crippen molar-refractivity contribution in [2.24, 2.45) is 5.92 Å². The SMILES string of the molecule is O=C(NC1CCC(C(=O)O)C1)c1noc(C2CCCN2)n1. The molecule has 1 amide bonds. The molecule has 114 valence electrons. The first-order valence-corrected chi connectivity index (χ1v) is 7.24. The number of hydrogen-bond acceptors (Lipinski definition) is 6. The van der Waals surface area contributed by atoms with Gasteiger partial charge in [0.05, 0.1) is 12.0 Å². The van der Waals surface area contributed by atoms with Gasteiger partial charge >= 0.3 is 5.97 Å². The molecule has 2 aliphatic rings. The number of carbonyl (C=O) groups excluding carboxylic acids is 1. The molecule has 3 atom stereocenters. The fraction of sp³-hybridized carbons (Fsp3) is 0.692. The second kappa shape index (κ2) is 5.80. The molecule has 1 aromatic heterocycles. The van der Waals surface area contributed by atoms with Gasteiger partial charge in [-0.15, -0.1) is 0 Å². The lowest BCUT2D eigenvalue weighted by molar-refractivity contribution is -0.141. The Kier molecular flexibility index (Phi) is 3.87. The summed E-state index contributed by atoms with van der Waals surface area (Å²) in [5.41, 5.74) is 0. The molecule has 3 N–H and O–H groups in total. The Balaban J connectivity index is 1.57. The fourth-order valence-electron chi connectivity index (χ4n) is 2.95. The highest BCUT2D eigenvalue weighted by Crippen LogP contribution is 2.26. The predicted molar refractivity (Wildman–Crippen MR) is 70.5 cm³/mol. The van der Waals surface area contributed by atoms with Crippen molar-refractivity contribution in [3.8, 4) is 0 Å². The molecule has 2 fully saturated rings. The van der Waals surface area contributed by atoms with Crippen molar-refractivity contribution in [3.05, 3.63) is 11.7 Å². The largest absolute Gasteiger partial charge is 0.481 e. The maximum atomic E-state index is 12.0. The van der Waals surface area contributed by atoms with Crippen LogP contribution in [0.2, 0.25) is 0 Å². The van der Waals surface area contributed by atoms with E-state index in [9.17, 15) is 9.59 Å². The van der Waals surface area contributed by atoms with Crippen molar-refractivity contribution in [1.82, 2.24) is 20.8 Å². The van der Waals surface area contributed by atoms with Crippen LogP contribution >= 0.6 is 0 Å². The number of aromatic nitrogens is 2. The highest BCUT2D eigenvalue weighted by molar-refractivity contribution is 5.90. The molecule has 1 aliphatic carbocycles. The number of nitrogens with zero attached hydrogens (tertiary/aromatic N) is 2. The van der Waals surface area contributed by atoms with Crippen molar-refractivity contribution in [1.29, 1.82) is 0 Å². The van der Waals surface area contributed by atoms with Gasteiger partial charge in [0.1, 0.15) is 0 Å². The third kappa shape index (κ3) is 3.05. The number of nitrogens with one attached hydrogen (secondary N) is 2. The van der Waals surface area contributed by atoms with E-state index in [1.54, 1.807) is 0 Å². The standard InChI is InChI=1S/C13H18N4O4/c18-11(15-8-4-3-7(6-8)13(19)20)10-16-12(21-17-10)9-2-1-5-14-9/h7-9,14H,1-6H2,(H,15,18)(H,19,20). The first-order valence-electron chi connectivity index (χ1n) is 7.24. The first-order chi connectivity index (χ1) is 10.1. The average Bonchev–Trinajstić information content (AvgIpc) is 3.19. The molecule has 1 aromatic rings. The van der Waals surface area contributed by atoms with E-state index in [1.165, 1.54) is 0 Å². The summed E-state index contributed by atoms with van der Waals surface area (Å²) in [7, 11) is 0. The number of aliphatic carboxylic acids is 1. The normalized spacial score (nSPS) is 28.7. The van der Waals surface area contributed by atoms with Gasteiger partial charge in [-0.05, 0) is 38.6 Å². The molecule has 0 aromatic carbocycles. The lowest BCUT2D eigenvalue weighted by atomic mass is 10.1. The minimum absolute atomic E-state index is 0.0116. The summed E-state index contributed by atoms with van der Waals surface area (Å²) in [5.74, 6) is -1.14. The van der Waals surface area contributed by atoms with E-state index in [2.05, 4.69) is 20.8 Å². The zero-order valence-corrected chi connectivity index (χ0v) is 11.5. The molecule has 0 radical (unpaired) electrons. The van der Waals surface area contributed by atoms with Crippen molar-refractivity contribution in [3.63, 3.8) is 0 Å². The molecule has 1 aliphatic heterocycles. The van der Waals surface area contributed by atoms with Crippen LogP contribution in [-0.4, -0.2) is 39.7 Å². The monoisotopic (exact) mass is 294 g/mol. The van der Waals surface area contributed by atoms with Gasteiger partial charge in [0.2, 0.25) is 5.89 Å². The molecular weight excluding hydrogens is 276 g/mol. The molecule has 8 nitrogen and oxygen atoms in total. The van der Waals surface area contributed by atoms with Crippen LogP contribution in [0.3, 0.4) is 0 Å². The van der Waals surface area contributed by atoms with Crippen molar-refractivity contribution >= 4 is 11.9 Å². The van der Waals surface area contributed by atoms with Gasteiger partial charge in [-0.3, -0.25) is 9.59 Å². The van der Waals surface area contributed by atoms with E-state index < -0.39 is 11.9 Å². The van der Waals surface area contributed by atoms with Crippen LogP contribution in [0.25, 0.3) is 0 Å². The van der Waals surface area contributed by atoms with Crippen molar-refractivity contribution in [2.75, 3.05) is 6.54 Å². The number of carbonyl (C=O) groups is 2. The lowest BCUT2D eigenvalue weighted by Crippen LogP contribution is -2.34. The third-order valence-electron chi connectivity index (χ3n) is 4.12. The average molecular weight is 294 g/mol. The van der Waals surface area contributed by atoms with Gasteiger partial charge in [0, 0.05) is 6.04 Å². The van der Waals surface area contributed by atoms with E-state index in [1.807, 2.05) is 0 Å². The molecule has 1 saturated carbocycles. The summed E-state index contributed by atoms with van der Waals surface area (Å²) in [6.45, 7) is 0.910. The Labute approximate surface area is 121 Å². The van der Waals surface area contributed by atoms with E-state index in [-0.39, 0.29) is 23.8 Å². The van der Waals surface area contributed by atoms with Crippen LogP contribution < -0.4 is 10.6 Å². The second-order valence-electron chi connectivity index (χ2n) is 5.62. The molecule has 0 bridgehead atoms. The first kappa shape index (κ1) is 14.0. The lowest BCUT2D eigenvalue weighted by Gasteiger charge is -2.10. The summed E-state index contributed by atoms with van der Waals surface area (Å²) in [6.07, 6.45) is 3.68. The van der Waals surface area contributed by atoms with Crippen LogP contribution in [0.15, 0.2) is 4.52 Å². The molecule has 1 saturated heterocycles. The van der Waals surface area contributed by atoms with E-state index in [0.29, 0.717) is 25.2 Å². The van der Waals surface area contributed by atoms with Gasteiger partial charge in [0.15, 0.2) is 0 Å². The molecule has 3 unspecified atom stereocenters. The molecule has 8 heteroatoms. The molecular formula is C13H18N4O4. The topological polar surface area (TPSA) is 117 Å². The summed E-state index contributed by atoms with van der Waals surface area (Å²) in [5, 5.41) is 18.6. The maximum Gasteiger partial charge on any atom is 0.306 e. The van der Waals surface area contributed by atoms with Crippen LogP contribution in [0.4, 0.5) is 0 Å². The number of carboxylic acid groups (broad SMARTS) is 1. The zero-order valence-electron chi connectivity index (χ0n) is 11.5. The minimum Gasteiger partial charge on any atom is -0.481 e. The van der Waals surface area contributed by atoms with Gasteiger partial charge in [-0.2, -0.15) is 4.98 Å². The zero-order chi connectivity index (χ0) is 14.8. The fourth-order valence-corrected chi connectivity index (χ4v) is 2.95. The summed E-state index contributed by atoms with van der Waals surface area (Å²) >= 11 is 0. The Bertz CT molecular complexity index is 538. The minimum atomic E-state index is -0.805. The van der Waals surface area contributed by atoms with Gasteiger partial charge in [0.25, 0.3) is 11.7 Å². The Hall–Kier alpha value is -1.96. The Morgan fingerprint density at radius 3 is 2.86 bits per heavy atom. The smallest absolute Gasteiger partial charge is 0.306 e. The van der Waals surface area contributed by atoms with Crippen molar-refractivity contribution < 1.29 is 19.2 Å². The number of hydrogen-bond donors (Lipinski definition) is 3. The number of rotatable bonds is 4. The summed E-state index contributed by atoms with van der Waals surface area (Å²) in [4.78, 5) is 27.1. The summed E-state index contributed by atoms with van der Waals surface area (Å²) in [6, 6.07) is -0.105. The number of carboxylic acids is 1. The van der Waals surface area contributed by atoms with Crippen LogP contribution in [0, 0.1) is 5.92 Å².